The van der Waals surface area contributed by atoms with Crippen molar-refractivity contribution < 1.29 is 14.4 Å². The number of hydrogen-bond donors (Lipinski definition) is 2. The molecule has 2 N–H and O–H groups in total. The molecule has 0 spiro atoms. The van der Waals surface area contributed by atoms with E-state index in [0.717, 1.165) is 30.0 Å². The first kappa shape index (κ1) is 20.2. The molecule has 26 heavy (non-hydrogen) atoms. The summed E-state index contributed by atoms with van der Waals surface area (Å²) in [5, 5.41) is 5.97. The van der Waals surface area contributed by atoms with Gasteiger partial charge in [0.15, 0.2) is 0 Å². The summed E-state index contributed by atoms with van der Waals surface area (Å²) in [6.45, 7) is 6.26. The van der Waals surface area contributed by atoms with Crippen LogP contribution in [0.3, 0.4) is 0 Å². The normalized spacial score (nSPS) is 23.3. The summed E-state index contributed by atoms with van der Waals surface area (Å²) in [5.74, 6) is -0.581. The van der Waals surface area contributed by atoms with Gasteiger partial charge in [0.05, 0.1) is 0 Å². The Hall–Kier alpha value is -2.12. The van der Waals surface area contributed by atoms with Gasteiger partial charge in [-0.1, -0.05) is 29.8 Å². The first-order valence-electron chi connectivity index (χ1n) is 8.61. The van der Waals surface area contributed by atoms with Crippen molar-refractivity contribution in [2.24, 2.45) is 0 Å². The number of hydrogen-bond acceptors (Lipinski definition) is 4. The van der Waals surface area contributed by atoms with E-state index in [2.05, 4.69) is 10.6 Å². The van der Waals surface area contributed by atoms with Crippen LogP contribution in [0, 0.1) is 6.92 Å². The second kappa shape index (κ2) is 8.05. The van der Waals surface area contributed by atoms with E-state index in [1.807, 2.05) is 31.2 Å². The number of amides is 4. The molecular formula is C18H25ClN4O3. The van der Waals surface area contributed by atoms with Crippen LogP contribution in [0.15, 0.2) is 24.3 Å². The van der Waals surface area contributed by atoms with Gasteiger partial charge in [0, 0.05) is 19.6 Å². The van der Waals surface area contributed by atoms with Crippen LogP contribution in [0.25, 0.3) is 0 Å². The lowest BCUT2D eigenvalue weighted by atomic mass is 9.91. The van der Waals surface area contributed by atoms with E-state index in [4.69, 9.17) is 0 Å². The van der Waals surface area contributed by atoms with Crippen molar-refractivity contribution in [3.8, 4) is 0 Å². The van der Waals surface area contributed by atoms with E-state index in [1.165, 1.54) is 0 Å². The van der Waals surface area contributed by atoms with E-state index in [1.54, 1.807) is 11.8 Å². The van der Waals surface area contributed by atoms with Crippen molar-refractivity contribution in [3.05, 3.63) is 35.4 Å². The molecule has 3 rings (SSSR count). The molecule has 1 aromatic rings. The standard InChI is InChI=1S/C18H24N4O3.ClH/c1-13-4-6-14(7-5-13)18(2)16(24)22(17(25)20-18)12-15(23)21-10-3-8-19-9-11-21;/h4-7,19H,3,8-12H2,1-2H3,(H,20,25);1H. The molecule has 0 saturated carbocycles. The highest BCUT2D eigenvalue weighted by Gasteiger charge is 2.49. The molecule has 2 heterocycles. The van der Waals surface area contributed by atoms with Gasteiger partial charge < -0.3 is 15.5 Å². The maximum absolute atomic E-state index is 12.9. The van der Waals surface area contributed by atoms with Gasteiger partial charge in [-0.3, -0.25) is 14.5 Å². The molecule has 2 aliphatic heterocycles. The maximum atomic E-state index is 12.9. The van der Waals surface area contributed by atoms with E-state index < -0.39 is 11.6 Å². The smallest absolute Gasteiger partial charge is 0.325 e. The van der Waals surface area contributed by atoms with Gasteiger partial charge in [0.1, 0.15) is 12.1 Å². The number of nitrogens with one attached hydrogen (secondary N) is 2. The summed E-state index contributed by atoms with van der Waals surface area (Å²) in [4.78, 5) is 40.5. The van der Waals surface area contributed by atoms with Gasteiger partial charge in [-0.25, -0.2) is 4.79 Å². The van der Waals surface area contributed by atoms with Crippen molar-refractivity contribution in [3.63, 3.8) is 0 Å². The second-order valence-corrected chi connectivity index (χ2v) is 6.80. The molecule has 0 aromatic heterocycles. The van der Waals surface area contributed by atoms with Crippen LogP contribution in [0.5, 0.6) is 0 Å². The highest BCUT2D eigenvalue weighted by atomic mass is 35.5. The first-order chi connectivity index (χ1) is 11.9. The zero-order chi connectivity index (χ0) is 18.0. The Morgan fingerprint density at radius 3 is 2.54 bits per heavy atom. The van der Waals surface area contributed by atoms with Gasteiger partial charge in [-0.05, 0) is 32.4 Å². The van der Waals surface area contributed by atoms with Crippen LogP contribution in [0.4, 0.5) is 4.79 Å². The van der Waals surface area contributed by atoms with Crippen molar-refractivity contribution in [1.29, 1.82) is 0 Å². The SMILES string of the molecule is Cc1ccc(C2(C)NC(=O)N(CC(=O)N3CCCNCC3)C2=O)cc1.Cl. The third kappa shape index (κ3) is 3.83. The summed E-state index contributed by atoms with van der Waals surface area (Å²) in [6, 6.07) is 6.95. The van der Waals surface area contributed by atoms with E-state index in [9.17, 15) is 14.4 Å². The van der Waals surface area contributed by atoms with Crippen LogP contribution < -0.4 is 10.6 Å². The maximum Gasteiger partial charge on any atom is 0.325 e. The van der Waals surface area contributed by atoms with Crippen LogP contribution in [-0.2, 0) is 15.1 Å². The topological polar surface area (TPSA) is 81.8 Å². The number of carbonyl (C=O) groups is 3. The van der Waals surface area contributed by atoms with Gasteiger partial charge in [0.25, 0.3) is 5.91 Å². The third-order valence-electron chi connectivity index (χ3n) is 4.89. The summed E-state index contributed by atoms with van der Waals surface area (Å²) in [6.07, 6.45) is 0.868. The van der Waals surface area contributed by atoms with Gasteiger partial charge in [-0.2, -0.15) is 0 Å². The molecular weight excluding hydrogens is 356 g/mol. The van der Waals surface area contributed by atoms with Crippen molar-refractivity contribution >= 4 is 30.3 Å². The van der Waals surface area contributed by atoms with Crippen molar-refractivity contribution in [1.82, 2.24) is 20.4 Å². The fourth-order valence-electron chi connectivity index (χ4n) is 3.25. The minimum Gasteiger partial charge on any atom is -0.340 e. The molecule has 2 fully saturated rings. The molecule has 2 aliphatic rings. The number of urea groups is 1. The quantitative estimate of drug-likeness (QED) is 0.767. The zero-order valence-corrected chi connectivity index (χ0v) is 15.9. The Morgan fingerprint density at radius 2 is 1.85 bits per heavy atom. The fourth-order valence-corrected chi connectivity index (χ4v) is 3.25. The molecule has 142 valence electrons. The Kier molecular flexibility index (Phi) is 6.26. The zero-order valence-electron chi connectivity index (χ0n) is 15.1. The van der Waals surface area contributed by atoms with Crippen molar-refractivity contribution in [2.75, 3.05) is 32.7 Å². The Balaban J connectivity index is 0.00000243. The number of benzene rings is 1. The summed E-state index contributed by atoms with van der Waals surface area (Å²) in [5.41, 5.74) is 0.655. The molecule has 0 radical (unpaired) electrons. The van der Waals surface area contributed by atoms with Gasteiger partial charge in [0.2, 0.25) is 5.91 Å². The first-order valence-corrected chi connectivity index (χ1v) is 8.61. The second-order valence-electron chi connectivity index (χ2n) is 6.80. The Bertz CT molecular complexity index is 686. The number of aryl methyl sites for hydroxylation is 1. The third-order valence-corrected chi connectivity index (χ3v) is 4.89. The average Bonchev–Trinajstić information content (AvgIpc) is 2.81. The summed E-state index contributed by atoms with van der Waals surface area (Å²) in [7, 11) is 0. The van der Waals surface area contributed by atoms with Crippen LogP contribution in [0.2, 0.25) is 0 Å². The molecule has 0 bridgehead atoms. The summed E-state index contributed by atoms with van der Waals surface area (Å²) < 4.78 is 0. The molecule has 1 unspecified atom stereocenters. The predicted molar refractivity (Wildman–Crippen MR) is 100 cm³/mol. The monoisotopic (exact) mass is 380 g/mol. The molecule has 7 nitrogen and oxygen atoms in total. The van der Waals surface area contributed by atoms with Crippen LogP contribution >= 0.6 is 12.4 Å². The minimum atomic E-state index is -1.13. The number of nitrogens with zero attached hydrogens (tertiary/aromatic N) is 2. The van der Waals surface area contributed by atoms with Crippen molar-refractivity contribution in [2.45, 2.75) is 25.8 Å². The largest absolute Gasteiger partial charge is 0.340 e. The summed E-state index contributed by atoms with van der Waals surface area (Å²) >= 11 is 0. The van der Waals surface area contributed by atoms with E-state index in [0.29, 0.717) is 18.7 Å². The van der Waals surface area contributed by atoms with Gasteiger partial charge in [-0.15, -0.1) is 12.4 Å². The van der Waals surface area contributed by atoms with Crippen LogP contribution in [-0.4, -0.2) is 60.4 Å². The average molecular weight is 381 g/mol. The molecule has 8 heteroatoms. The number of halogens is 1. The lowest BCUT2D eigenvalue weighted by molar-refractivity contribution is -0.138. The van der Waals surface area contributed by atoms with E-state index >= 15 is 0 Å². The minimum absolute atomic E-state index is 0. The molecule has 1 atom stereocenters. The lowest BCUT2D eigenvalue weighted by Gasteiger charge is -2.24. The molecule has 2 saturated heterocycles. The van der Waals surface area contributed by atoms with E-state index in [-0.39, 0.29) is 30.8 Å². The van der Waals surface area contributed by atoms with Crippen LogP contribution in [0.1, 0.15) is 24.5 Å². The highest BCUT2D eigenvalue weighted by molar-refractivity contribution is 6.09. The Labute approximate surface area is 159 Å². The number of carbonyl (C=O) groups excluding carboxylic acids is 3. The van der Waals surface area contributed by atoms with Gasteiger partial charge >= 0.3 is 6.03 Å². The number of rotatable bonds is 3. The molecule has 1 aromatic carbocycles. The lowest BCUT2D eigenvalue weighted by Crippen LogP contribution is -2.45. The fraction of sp³-hybridized carbons (Fsp3) is 0.500. The predicted octanol–water partition coefficient (Wildman–Crippen LogP) is 1.01. The Morgan fingerprint density at radius 1 is 1.15 bits per heavy atom. The number of imide groups is 1. The molecule has 4 amide bonds. The molecule has 0 aliphatic carbocycles. The highest BCUT2D eigenvalue weighted by Crippen LogP contribution is 2.29.